The maximum absolute atomic E-state index is 13.5. The normalized spacial score (nSPS) is 17.1. The van der Waals surface area contributed by atoms with Gasteiger partial charge in [0.15, 0.2) is 5.49 Å². The Balaban J connectivity index is 2.09. The molecule has 0 aliphatic carbocycles. The first-order valence-electron chi connectivity index (χ1n) is 12.4. The van der Waals surface area contributed by atoms with Crippen LogP contribution in [0.2, 0.25) is 0 Å². The molecular weight excluding hydrogens is 503 g/mol. The molecule has 1 aliphatic heterocycles. The van der Waals surface area contributed by atoms with Gasteiger partial charge in [0.05, 0.1) is 36.3 Å². The van der Waals surface area contributed by atoms with E-state index in [0.717, 1.165) is 36.7 Å². The molecule has 0 bridgehead atoms. The number of hydrogen-bond donors (Lipinski definition) is 0. The van der Waals surface area contributed by atoms with Gasteiger partial charge in [-0.2, -0.15) is 18.2 Å². The average Bonchev–Trinajstić information content (AvgIpc) is 3.45. The number of amides is 1. The second-order valence-corrected chi connectivity index (χ2v) is 11.2. The van der Waals surface area contributed by atoms with Crippen LogP contribution in [0.5, 0.6) is 5.75 Å². The molecule has 1 aromatic heterocycles. The fourth-order valence-electron chi connectivity index (χ4n) is 4.32. The third kappa shape index (κ3) is 6.67. The summed E-state index contributed by atoms with van der Waals surface area (Å²) in [4.78, 5) is 29.7. The van der Waals surface area contributed by atoms with Crippen LogP contribution in [0.3, 0.4) is 0 Å². The molecule has 1 amide bonds. The molecule has 1 atom stereocenters. The topological polar surface area (TPSA) is 84.1 Å². The van der Waals surface area contributed by atoms with Crippen LogP contribution in [0.4, 0.5) is 13.2 Å². The van der Waals surface area contributed by atoms with Crippen LogP contribution in [-0.4, -0.2) is 47.7 Å². The highest BCUT2D eigenvalue weighted by Gasteiger charge is 2.34. The van der Waals surface area contributed by atoms with Gasteiger partial charge < -0.3 is 14.2 Å². The lowest BCUT2D eigenvalue weighted by Gasteiger charge is -2.22. The van der Waals surface area contributed by atoms with Crippen molar-refractivity contribution in [1.29, 1.82) is 0 Å². The highest BCUT2D eigenvalue weighted by Crippen LogP contribution is 2.33. The second-order valence-electron chi connectivity index (χ2n) is 11.2. The summed E-state index contributed by atoms with van der Waals surface area (Å²) in [5.41, 5.74) is -1.55. The molecule has 210 valence electrons. The van der Waals surface area contributed by atoms with Gasteiger partial charge in [-0.15, -0.1) is 0 Å². The molecule has 0 N–H and O–H groups in total. The number of carbonyl (C=O) groups excluding carboxylic acids is 2. The van der Waals surface area contributed by atoms with E-state index in [2.05, 4.69) is 4.99 Å². The van der Waals surface area contributed by atoms with Crippen molar-refractivity contribution < 1.29 is 37.0 Å². The zero-order valence-corrected chi connectivity index (χ0v) is 22.9. The van der Waals surface area contributed by atoms with Gasteiger partial charge in [0.25, 0.3) is 5.91 Å². The summed E-state index contributed by atoms with van der Waals surface area (Å²) < 4.78 is 60.5. The second kappa shape index (κ2) is 11.0. The number of rotatable bonds is 7. The Hall–Kier alpha value is -3.08. The molecule has 11 heteroatoms. The van der Waals surface area contributed by atoms with Crippen molar-refractivity contribution in [3.05, 3.63) is 46.6 Å². The van der Waals surface area contributed by atoms with Crippen LogP contribution >= 0.6 is 0 Å². The minimum absolute atomic E-state index is 0.0570. The molecule has 1 aromatic carbocycles. The Labute approximate surface area is 220 Å². The molecule has 0 unspecified atom stereocenters. The van der Waals surface area contributed by atoms with Crippen LogP contribution in [0.25, 0.3) is 0 Å². The minimum atomic E-state index is -4.68. The van der Waals surface area contributed by atoms with E-state index in [-0.39, 0.29) is 29.4 Å². The molecule has 1 aliphatic rings. The van der Waals surface area contributed by atoms with E-state index >= 15 is 0 Å². The zero-order valence-electron chi connectivity index (χ0n) is 22.9. The Kier molecular flexibility index (Phi) is 8.50. The van der Waals surface area contributed by atoms with Crippen molar-refractivity contribution in [2.45, 2.75) is 71.7 Å². The van der Waals surface area contributed by atoms with Gasteiger partial charge in [-0.05, 0) is 44.9 Å². The first-order chi connectivity index (χ1) is 17.5. The quantitative estimate of drug-likeness (QED) is 0.479. The number of esters is 1. The van der Waals surface area contributed by atoms with Crippen LogP contribution in [0, 0.1) is 5.41 Å². The number of hydrogen-bond acceptors (Lipinski definition) is 5. The van der Waals surface area contributed by atoms with Gasteiger partial charge >= 0.3 is 12.1 Å². The first kappa shape index (κ1) is 29.5. The van der Waals surface area contributed by atoms with E-state index in [1.807, 2.05) is 37.2 Å². The van der Waals surface area contributed by atoms with E-state index < -0.39 is 29.0 Å². The van der Waals surface area contributed by atoms with Gasteiger partial charge in [-0.1, -0.05) is 20.8 Å². The van der Waals surface area contributed by atoms with E-state index in [1.165, 1.54) is 7.11 Å². The largest absolute Gasteiger partial charge is 0.492 e. The number of alkyl halides is 3. The van der Waals surface area contributed by atoms with Crippen LogP contribution < -0.4 is 10.2 Å². The van der Waals surface area contributed by atoms with Gasteiger partial charge in [-0.25, -0.2) is 0 Å². The third-order valence-corrected chi connectivity index (χ3v) is 6.49. The van der Waals surface area contributed by atoms with Gasteiger partial charge in [0.1, 0.15) is 12.4 Å². The molecule has 8 nitrogen and oxygen atoms in total. The summed E-state index contributed by atoms with van der Waals surface area (Å²) in [7, 11) is 3.08. The van der Waals surface area contributed by atoms with Crippen molar-refractivity contribution in [2.75, 3.05) is 20.3 Å². The van der Waals surface area contributed by atoms with Crippen molar-refractivity contribution in [2.24, 2.45) is 17.5 Å². The van der Waals surface area contributed by atoms with Crippen molar-refractivity contribution in [3.8, 4) is 5.75 Å². The monoisotopic (exact) mass is 539 g/mol. The number of benzene rings is 1. The standard InChI is InChI=1S/C27H36F3N3O5/c1-25(2,3)21-14-22(33(32(21)6)15-18-9-8-12-37-18)31-23(34)19-13-17(27(28,29)30)10-11-20(19)38-16-26(4,5)24(35)36-7/h10-11,13-14,18H,8-9,12,15-16H2,1-7H3/t18-/m1/s1. The fourth-order valence-corrected chi connectivity index (χ4v) is 4.32. The van der Waals surface area contributed by atoms with Crippen molar-refractivity contribution in [3.63, 3.8) is 0 Å². The van der Waals surface area contributed by atoms with Crippen LogP contribution in [-0.2, 0) is 39.5 Å². The molecule has 0 saturated carbocycles. The summed E-state index contributed by atoms with van der Waals surface area (Å²) >= 11 is 0. The lowest BCUT2D eigenvalue weighted by Crippen LogP contribution is -2.32. The Bertz CT molecular complexity index is 1250. The smallest absolute Gasteiger partial charge is 0.416 e. The van der Waals surface area contributed by atoms with Gasteiger partial charge in [-0.3, -0.25) is 19.0 Å². The van der Waals surface area contributed by atoms with E-state index in [4.69, 9.17) is 14.2 Å². The molecule has 38 heavy (non-hydrogen) atoms. The number of methoxy groups -OCH3 is 1. The molecule has 2 heterocycles. The number of aromatic nitrogens is 2. The number of carbonyl (C=O) groups is 2. The van der Waals surface area contributed by atoms with E-state index in [1.54, 1.807) is 19.9 Å². The predicted octanol–water partition coefficient (Wildman–Crippen LogP) is 4.64. The summed E-state index contributed by atoms with van der Waals surface area (Å²) in [6.45, 7) is 10.1. The lowest BCUT2D eigenvalue weighted by atomic mass is 9.92. The molecule has 1 saturated heterocycles. The number of nitrogens with zero attached hydrogens (tertiary/aromatic N) is 3. The summed E-state index contributed by atoms with van der Waals surface area (Å²) in [6.07, 6.45) is -2.94. The van der Waals surface area contributed by atoms with Crippen molar-refractivity contribution >= 4 is 11.9 Å². The molecular formula is C27H36F3N3O5. The maximum Gasteiger partial charge on any atom is 0.416 e. The molecule has 2 aromatic rings. The average molecular weight is 540 g/mol. The Morgan fingerprint density at radius 3 is 2.37 bits per heavy atom. The first-order valence-corrected chi connectivity index (χ1v) is 12.4. The Morgan fingerprint density at radius 2 is 1.82 bits per heavy atom. The molecule has 0 spiro atoms. The van der Waals surface area contributed by atoms with Gasteiger partial charge in [0.2, 0.25) is 0 Å². The number of halogens is 3. The SMILES string of the molecule is COC(=O)C(C)(C)COc1ccc(C(F)(F)F)cc1C(=O)N=c1cc(C(C)(C)C)n(C)n1C[C@H]1CCCO1. The van der Waals surface area contributed by atoms with E-state index in [9.17, 15) is 22.8 Å². The minimum Gasteiger partial charge on any atom is -0.492 e. The maximum atomic E-state index is 13.5. The predicted molar refractivity (Wildman–Crippen MR) is 134 cm³/mol. The Morgan fingerprint density at radius 1 is 1.13 bits per heavy atom. The summed E-state index contributed by atoms with van der Waals surface area (Å²) in [5, 5.41) is 0. The van der Waals surface area contributed by atoms with Crippen LogP contribution in [0.1, 0.15) is 69.1 Å². The van der Waals surface area contributed by atoms with Crippen molar-refractivity contribution in [1.82, 2.24) is 9.36 Å². The zero-order chi connectivity index (χ0) is 28.5. The molecule has 0 radical (unpaired) electrons. The number of ether oxygens (including phenoxy) is 3. The highest BCUT2D eigenvalue weighted by atomic mass is 19.4. The molecule has 1 fully saturated rings. The lowest BCUT2D eigenvalue weighted by molar-refractivity contribution is -0.152. The van der Waals surface area contributed by atoms with E-state index in [0.29, 0.717) is 18.6 Å². The van der Waals surface area contributed by atoms with Crippen LogP contribution in [0.15, 0.2) is 29.3 Å². The highest BCUT2D eigenvalue weighted by molar-refractivity contribution is 5.97. The van der Waals surface area contributed by atoms with Gasteiger partial charge in [0, 0.05) is 30.8 Å². The fraction of sp³-hybridized carbons (Fsp3) is 0.593. The third-order valence-electron chi connectivity index (χ3n) is 6.49. The summed E-state index contributed by atoms with van der Waals surface area (Å²) in [6, 6.07) is 4.39. The molecule has 3 rings (SSSR count). The summed E-state index contributed by atoms with van der Waals surface area (Å²) in [5.74, 6) is -1.56.